The van der Waals surface area contributed by atoms with Crippen LogP contribution in [0.1, 0.15) is 24.0 Å². The van der Waals surface area contributed by atoms with Gasteiger partial charge in [0.25, 0.3) is 0 Å². The fourth-order valence-corrected chi connectivity index (χ4v) is 3.35. The second kappa shape index (κ2) is 8.18. The van der Waals surface area contributed by atoms with Crippen molar-refractivity contribution in [2.24, 2.45) is 0 Å². The predicted octanol–water partition coefficient (Wildman–Crippen LogP) is 3.03. The molecule has 1 aliphatic rings. The van der Waals surface area contributed by atoms with Crippen LogP contribution in [-0.4, -0.2) is 31.1 Å². The number of hydrogen-bond donors (Lipinski definition) is 2. The maximum absolute atomic E-state index is 6.09. The number of ether oxygens (including phenoxy) is 1. The Morgan fingerprint density at radius 2 is 1.83 bits per heavy atom. The van der Waals surface area contributed by atoms with Gasteiger partial charge in [0.1, 0.15) is 5.75 Å². The number of nitrogens with two attached hydrogens (primary N) is 1. The molecule has 4 nitrogen and oxygen atoms in total. The normalized spacial score (nSPS) is 16.2. The molecule has 1 heterocycles. The van der Waals surface area contributed by atoms with Gasteiger partial charge in [-0.25, -0.2) is 0 Å². The first-order valence-corrected chi connectivity index (χ1v) is 8.67. The quantitative estimate of drug-likeness (QED) is 0.802. The standard InChI is InChI=1S/C20H27N3O/c1-24-20-9-5-8-19(21)18(20)14-22-17-10-12-23(13-11-17)15-16-6-3-2-4-7-16/h2-9,17,22H,10-15,21H2,1H3. The van der Waals surface area contributed by atoms with E-state index in [0.717, 1.165) is 43.2 Å². The van der Waals surface area contributed by atoms with Gasteiger partial charge in [0.05, 0.1) is 7.11 Å². The Balaban J connectivity index is 1.48. The molecular weight excluding hydrogens is 298 g/mol. The molecular formula is C20H27N3O. The van der Waals surface area contributed by atoms with E-state index >= 15 is 0 Å². The highest BCUT2D eigenvalue weighted by molar-refractivity contribution is 5.54. The van der Waals surface area contributed by atoms with E-state index in [2.05, 4.69) is 40.5 Å². The van der Waals surface area contributed by atoms with E-state index < -0.39 is 0 Å². The number of methoxy groups -OCH3 is 1. The summed E-state index contributed by atoms with van der Waals surface area (Å²) < 4.78 is 5.42. The predicted molar refractivity (Wildman–Crippen MR) is 99.0 cm³/mol. The summed E-state index contributed by atoms with van der Waals surface area (Å²) in [5.41, 5.74) is 9.34. The molecule has 0 radical (unpaired) electrons. The van der Waals surface area contributed by atoms with E-state index in [4.69, 9.17) is 10.5 Å². The highest BCUT2D eigenvalue weighted by Crippen LogP contribution is 2.24. The van der Waals surface area contributed by atoms with Crippen LogP contribution < -0.4 is 15.8 Å². The molecule has 0 amide bonds. The third kappa shape index (κ3) is 4.28. The van der Waals surface area contributed by atoms with E-state index in [9.17, 15) is 0 Å². The Kier molecular flexibility index (Phi) is 5.72. The maximum Gasteiger partial charge on any atom is 0.125 e. The monoisotopic (exact) mass is 325 g/mol. The molecule has 0 atom stereocenters. The molecule has 3 N–H and O–H groups in total. The molecule has 0 aliphatic carbocycles. The van der Waals surface area contributed by atoms with Gasteiger partial charge < -0.3 is 15.8 Å². The van der Waals surface area contributed by atoms with Gasteiger partial charge in [0, 0.05) is 30.4 Å². The van der Waals surface area contributed by atoms with Crippen LogP contribution in [0.2, 0.25) is 0 Å². The van der Waals surface area contributed by atoms with Crippen molar-refractivity contribution in [3.63, 3.8) is 0 Å². The Hall–Kier alpha value is -2.04. The first kappa shape index (κ1) is 16.8. The minimum Gasteiger partial charge on any atom is -0.496 e. The fraction of sp³-hybridized carbons (Fsp3) is 0.400. The van der Waals surface area contributed by atoms with Gasteiger partial charge in [-0.3, -0.25) is 4.90 Å². The van der Waals surface area contributed by atoms with Gasteiger partial charge in [-0.15, -0.1) is 0 Å². The number of benzene rings is 2. The summed E-state index contributed by atoms with van der Waals surface area (Å²) in [5, 5.41) is 3.65. The SMILES string of the molecule is COc1cccc(N)c1CNC1CCN(Cc2ccccc2)CC1. The number of hydrogen-bond acceptors (Lipinski definition) is 4. The Morgan fingerprint density at radius 3 is 2.54 bits per heavy atom. The summed E-state index contributed by atoms with van der Waals surface area (Å²) in [7, 11) is 1.69. The van der Waals surface area contributed by atoms with Gasteiger partial charge in [0.2, 0.25) is 0 Å². The third-order valence-corrected chi connectivity index (χ3v) is 4.79. The molecule has 0 unspecified atom stereocenters. The molecule has 3 rings (SSSR count). The highest BCUT2D eigenvalue weighted by atomic mass is 16.5. The fourth-order valence-electron chi connectivity index (χ4n) is 3.35. The molecule has 1 saturated heterocycles. The number of nitrogen functional groups attached to an aromatic ring is 1. The van der Waals surface area contributed by atoms with Crippen LogP contribution >= 0.6 is 0 Å². The summed E-state index contributed by atoms with van der Waals surface area (Å²) in [5.74, 6) is 0.865. The minimum absolute atomic E-state index is 0.543. The zero-order valence-electron chi connectivity index (χ0n) is 14.4. The smallest absolute Gasteiger partial charge is 0.125 e. The van der Waals surface area contributed by atoms with E-state index in [-0.39, 0.29) is 0 Å². The van der Waals surface area contributed by atoms with Crippen molar-refractivity contribution in [2.45, 2.75) is 32.0 Å². The Bertz CT molecular complexity index is 637. The molecule has 1 fully saturated rings. The number of nitrogens with zero attached hydrogens (tertiary/aromatic N) is 1. The lowest BCUT2D eigenvalue weighted by molar-refractivity contribution is 0.190. The van der Waals surface area contributed by atoms with E-state index in [1.54, 1.807) is 7.11 Å². The maximum atomic E-state index is 6.09. The van der Waals surface area contributed by atoms with Crippen LogP contribution in [0.15, 0.2) is 48.5 Å². The molecule has 2 aromatic carbocycles. The van der Waals surface area contributed by atoms with E-state index in [1.807, 2.05) is 18.2 Å². The van der Waals surface area contributed by atoms with Gasteiger partial charge >= 0.3 is 0 Å². The molecule has 0 aromatic heterocycles. The van der Waals surface area contributed by atoms with Crippen LogP contribution in [0.5, 0.6) is 5.75 Å². The van der Waals surface area contributed by atoms with Crippen LogP contribution in [0.4, 0.5) is 5.69 Å². The van der Waals surface area contributed by atoms with Crippen molar-refractivity contribution in [3.8, 4) is 5.75 Å². The largest absolute Gasteiger partial charge is 0.496 e. The van der Waals surface area contributed by atoms with Crippen molar-refractivity contribution < 1.29 is 4.74 Å². The lowest BCUT2D eigenvalue weighted by atomic mass is 10.0. The molecule has 128 valence electrons. The first-order chi connectivity index (χ1) is 11.8. The summed E-state index contributed by atoms with van der Waals surface area (Å²) in [6.07, 6.45) is 2.34. The molecule has 4 heteroatoms. The number of anilines is 1. The van der Waals surface area contributed by atoms with Crippen LogP contribution in [-0.2, 0) is 13.1 Å². The van der Waals surface area contributed by atoms with Crippen molar-refractivity contribution in [2.75, 3.05) is 25.9 Å². The molecule has 0 spiro atoms. The van der Waals surface area contributed by atoms with Crippen molar-refractivity contribution >= 4 is 5.69 Å². The molecule has 24 heavy (non-hydrogen) atoms. The molecule has 0 saturated carbocycles. The van der Waals surface area contributed by atoms with Crippen LogP contribution in [0, 0.1) is 0 Å². The second-order valence-electron chi connectivity index (χ2n) is 6.44. The number of likely N-dealkylation sites (tertiary alicyclic amines) is 1. The second-order valence-corrected chi connectivity index (χ2v) is 6.44. The van der Waals surface area contributed by atoms with E-state index in [0.29, 0.717) is 6.04 Å². The summed E-state index contributed by atoms with van der Waals surface area (Å²) in [6, 6.07) is 17.1. The average Bonchev–Trinajstić information content (AvgIpc) is 2.62. The summed E-state index contributed by atoms with van der Waals surface area (Å²) >= 11 is 0. The van der Waals surface area contributed by atoms with Crippen LogP contribution in [0.25, 0.3) is 0 Å². The van der Waals surface area contributed by atoms with Crippen molar-refractivity contribution in [1.82, 2.24) is 10.2 Å². The molecule has 0 bridgehead atoms. The Labute approximate surface area is 144 Å². The Morgan fingerprint density at radius 1 is 1.08 bits per heavy atom. The zero-order valence-corrected chi connectivity index (χ0v) is 14.4. The number of rotatable bonds is 6. The minimum atomic E-state index is 0.543. The molecule has 2 aromatic rings. The third-order valence-electron chi connectivity index (χ3n) is 4.79. The van der Waals surface area contributed by atoms with Gasteiger partial charge in [-0.1, -0.05) is 36.4 Å². The van der Waals surface area contributed by atoms with Crippen molar-refractivity contribution in [1.29, 1.82) is 0 Å². The van der Waals surface area contributed by atoms with E-state index in [1.165, 1.54) is 18.4 Å². The van der Waals surface area contributed by atoms with Gasteiger partial charge in [-0.05, 0) is 43.6 Å². The van der Waals surface area contributed by atoms with Gasteiger partial charge in [-0.2, -0.15) is 0 Å². The highest BCUT2D eigenvalue weighted by Gasteiger charge is 2.19. The van der Waals surface area contributed by atoms with Gasteiger partial charge in [0.15, 0.2) is 0 Å². The number of nitrogens with one attached hydrogen (secondary N) is 1. The van der Waals surface area contributed by atoms with Crippen LogP contribution in [0.3, 0.4) is 0 Å². The lowest BCUT2D eigenvalue weighted by Crippen LogP contribution is -2.41. The topological polar surface area (TPSA) is 50.5 Å². The molecule has 1 aliphatic heterocycles. The number of piperidine rings is 1. The zero-order chi connectivity index (χ0) is 16.8. The summed E-state index contributed by atoms with van der Waals surface area (Å²) in [6.45, 7) is 4.08. The first-order valence-electron chi connectivity index (χ1n) is 8.67. The average molecular weight is 325 g/mol. The van der Waals surface area contributed by atoms with Crippen molar-refractivity contribution in [3.05, 3.63) is 59.7 Å². The lowest BCUT2D eigenvalue weighted by Gasteiger charge is -2.32. The summed E-state index contributed by atoms with van der Waals surface area (Å²) in [4.78, 5) is 2.53.